The Balaban J connectivity index is 0.000000340. The van der Waals surface area contributed by atoms with Gasteiger partial charge in [-0.3, -0.25) is 9.13 Å². The molecule has 0 aliphatic carbocycles. The number of nitrogens with one attached hydrogen (secondary N) is 1. The Kier molecular flexibility index (Phi) is 11.7. The number of hydrogen-bond acceptors (Lipinski definition) is 6. The molecule has 0 bridgehead atoms. The van der Waals surface area contributed by atoms with E-state index < -0.39 is 14.2 Å². The molecule has 1 spiro atoms. The Morgan fingerprint density at radius 2 is 1.48 bits per heavy atom. The smallest absolute Gasteiger partial charge is 0.395 e. The lowest BCUT2D eigenvalue weighted by Gasteiger charge is -2.29. The summed E-state index contributed by atoms with van der Waals surface area (Å²) in [6.07, 6.45) is 0. The molecule has 21 heavy (non-hydrogen) atoms. The van der Waals surface area contributed by atoms with Gasteiger partial charge in [-0.05, 0) is 21.1 Å². The molecule has 2 aliphatic heterocycles. The molecule has 0 aromatic heterocycles. The van der Waals surface area contributed by atoms with Gasteiger partial charge in [0, 0.05) is 19.6 Å². The molecule has 12 heteroatoms. The summed E-state index contributed by atoms with van der Waals surface area (Å²) in [5.74, 6) is 0. The summed E-state index contributed by atoms with van der Waals surface area (Å²) in [5.41, 5.74) is 0. The molecule has 0 unspecified atom stereocenters. The van der Waals surface area contributed by atoms with Gasteiger partial charge in [0.2, 0.25) is 0 Å². The van der Waals surface area contributed by atoms with Crippen LogP contribution in [0.2, 0.25) is 0 Å². The number of nitrogens with zero attached hydrogens (tertiary/aromatic N) is 2. The van der Waals surface area contributed by atoms with E-state index in [4.69, 9.17) is 58.3 Å². The van der Waals surface area contributed by atoms with Crippen molar-refractivity contribution in [1.29, 1.82) is 0 Å². The van der Waals surface area contributed by atoms with Crippen molar-refractivity contribution in [3.63, 3.8) is 0 Å². The molecular formula is C9H23Cl4N3O3Si2. The molecule has 128 valence electrons. The second-order valence-corrected chi connectivity index (χ2v) is 18.7. The van der Waals surface area contributed by atoms with Crippen LogP contribution in [0.4, 0.5) is 0 Å². The summed E-state index contributed by atoms with van der Waals surface area (Å²) in [7, 11) is 3.96. The van der Waals surface area contributed by atoms with Crippen LogP contribution in [0.25, 0.3) is 0 Å². The molecule has 0 radical (unpaired) electrons. The number of aliphatic hydroxyl groups excluding tert-OH is 1. The molecule has 0 aromatic rings. The molecule has 0 amide bonds. The zero-order chi connectivity index (χ0) is 16.5. The van der Waals surface area contributed by atoms with Gasteiger partial charge in [-0.2, -0.15) is 0 Å². The maximum Gasteiger partial charge on any atom is 0.522 e. The Morgan fingerprint density at radius 3 is 1.62 bits per heavy atom. The number of halogens is 4. The van der Waals surface area contributed by atoms with Crippen LogP contribution in [0.1, 0.15) is 0 Å². The predicted octanol–water partition coefficient (Wildman–Crippen LogP) is 0.921. The first-order valence-corrected chi connectivity index (χ1v) is 14.1. The van der Waals surface area contributed by atoms with Crippen molar-refractivity contribution in [2.45, 2.75) is 0 Å². The summed E-state index contributed by atoms with van der Waals surface area (Å²) in [5, 5.41) is 8.05. The van der Waals surface area contributed by atoms with E-state index in [-0.39, 0.29) is 6.61 Å². The third-order valence-corrected chi connectivity index (χ3v) is 6.30. The molecule has 2 rings (SSSR count). The van der Waals surface area contributed by atoms with Crippen LogP contribution in [0, 0.1) is 0 Å². The molecule has 2 heterocycles. The average molecular weight is 419 g/mol. The second-order valence-electron chi connectivity index (χ2n) is 4.34. The lowest BCUT2D eigenvalue weighted by atomic mass is 10.7. The summed E-state index contributed by atoms with van der Waals surface area (Å²) >= 11 is 19.9. The van der Waals surface area contributed by atoms with E-state index in [2.05, 4.69) is 28.5 Å². The Bertz CT molecular complexity index is 263. The van der Waals surface area contributed by atoms with Crippen molar-refractivity contribution >= 4 is 58.5 Å². The van der Waals surface area contributed by atoms with E-state index in [1.54, 1.807) is 7.05 Å². The highest BCUT2D eigenvalue weighted by Gasteiger charge is 2.55. The summed E-state index contributed by atoms with van der Waals surface area (Å²) < 4.78 is 15.9. The summed E-state index contributed by atoms with van der Waals surface area (Å²) in [4.78, 5) is 0. The van der Waals surface area contributed by atoms with Crippen LogP contribution >= 0.6 is 44.3 Å². The minimum Gasteiger partial charge on any atom is -0.395 e. The van der Waals surface area contributed by atoms with E-state index in [0.29, 0.717) is 6.54 Å². The normalized spacial score (nSPS) is 21.7. The standard InChI is InChI=1S/C6H14N2O2Si.C3H9NO.Cl4Si/c1-7-3-5-9-11(7)8(2)4-6-10-11;1-4-2-3-5;1-5(2,3)4/h3-6H2,1-2H3;4-5H,2-3H2,1H3;. The van der Waals surface area contributed by atoms with Gasteiger partial charge < -0.3 is 19.3 Å². The second kappa shape index (κ2) is 11.0. The molecule has 2 fully saturated rings. The van der Waals surface area contributed by atoms with Crippen molar-refractivity contribution in [2.24, 2.45) is 0 Å². The molecule has 0 aromatic carbocycles. The van der Waals surface area contributed by atoms with Crippen LogP contribution in [0.3, 0.4) is 0 Å². The monoisotopic (exact) mass is 417 g/mol. The van der Waals surface area contributed by atoms with E-state index in [0.717, 1.165) is 26.3 Å². The van der Waals surface area contributed by atoms with Crippen LogP contribution < -0.4 is 5.32 Å². The zero-order valence-electron chi connectivity index (χ0n) is 12.4. The third-order valence-electron chi connectivity index (χ3n) is 2.76. The van der Waals surface area contributed by atoms with Gasteiger partial charge in [-0.25, -0.2) is 0 Å². The highest BCUT2D eigenvalue weighted by molar-refractivity contribution is 7.81. The van der Waals surface area contributed by atoms with E-state index >= 15 is 0 Å². The lowest BCUT2D eigenvalue weighted by Crippen LogP contribution is -2.59. The lowest BCUT2D eigenvalue weighted by molar-refractivity contribution is 0.192. The first-order valence-electron chi connectivity index (χ1n) is 6.39. The van der Waals surface area contributed by atoms with Crippen molar-refractivity contribution < 1.29 is 14.0 Å². The van der Waals surface area contributed by atoms with E-state index in [1.165, 1.54) is 0 Å². The van der Waals surface area contributed by atoms with Gasteiger partial charge >= 0.3 is 14.2 Å². The topological polar surface area (TPSA) is 57.2 Å². The number of hydrogen-bond donors (Lipinski definition) is 2. The van der Waals surface area contributed by atoms with Crippen molar-refractivity contribution in [2.75, 3.05) is 60.6 Å². The Labute approximate surface area is 147 Å². The van der Waals surface area contributed by atoms with Crippen LogP contribution in [0.5, 0.6) is 0 Å². The van der Waals surface area contributed by atoms with E-state index in [9.17, 15) is 0 Å². The van der Waals surface area contributed by atoms with Crippen LogP contribution in [0.15, 0.2) is 0 Å². The first-order chi connectivity index (χ1) is 9.67. The fourth-order valence-corrected chi connectivity index (χ4v) is 4.81. The molecule has 0 saturated carbocycles. The number of aliphatic hydroxyl groups is 1. The summed E-state index contributed by atoms with van der Waals surface area (Å²) in [6, 6.07) is 0. The molecule has 2 N–H and O–H groups in total. The molecular weight excluding hydrogens is 396 g/mol. The van der Waals surface area contributed by atoms with Gasteiger partial charge in [0.15, 0.2) is 0 Å². The van der Waals surface area contributed by atoms with Crippen molar-refractivity contribution in [1.82, 2.24) is 14.4 Å². The SMILES string of the molecule is CN1CCO[Si]12OCCN2C.CNCCO.Cl[Si](Cl)(Cl)Cl. The van der Waals surface area contributed by atoms with Crippen molar-refractivity contribution in [3.05, 3.63) is 0 Å². The first kappa shape index (κ1) is 22.4. The fraction of sp³-hybridized carbons (Fsp3) is 1.00. The quantitative estimate of drug-likeness (QED) is 0.513. The number of rotatable bonds is 2. The average Bonchev–Trinajstić information content (AvgIpc) is 2.89. The number of likely N-dealkylation sites (N-methyl/N-ethyl adjacent to an activating group) is 3. The summed E-state index contributed by atoms with van der Waals surface area (Å²) in [6.45, 7) is 4.60. The third kappa shape index (κ3) is 9.28. The highest BCUT2D eigenvalue weighted by Crippen LogP contribution is 2.25. The fourth-order valence-electron chi connectivity index (χ4n) is 1.80. The van der Waals surface area contributed by atoms with Crippen LogP contribution in [-0.2, 0) is 8.85 Å². The van der Waals surface area contributed by atoms with Crippen molar-refractivity contribution in [3.8, 4) is 0 Å². The van der Waals surface area contributed by atoms with Gasteiger partial charge in [-0.1, -0.05) is 0 Å². The van der Waals surface area contributed by atoms with Gasteiger partial charge in [-0.15, -0.1) is 44.3 Å². The van der Waals surface area contributed by atoms with Gasteiger partial charge in [0.25, 0.3) is 0 Å². The maximum absolute atomic E-state index is 8.00. The minimum absolute atomic E-state index is 0.233. The molecule has 2 saturated heterocycles. The Hall–Kier alpha value is 1.35. The zero-order valence-corrected chi connectivity index (χ0v) is 17.4. The maximum atomic E-state index is 8.00. The molecule has 6 nitrogen and oxygen atoms in total. The largest absolute Gasteiger partial charge is 0.522 e. The Morgan fingerprint density at radius 1 is 1.10 bits per heavy atom. The van der Waals surface area contributed by atoms with Gasteiger partial charge in [0.1, 0.15) is 0 Å². The van der Waals surface area contributed by atoms with E-state index in [1.807, 2.05) is 0 Å². The predicted molar refractivity (Wildman–Crippen MR) is 93.1 cm³/mol. The highest BCUT2D eigenvalue weighted by atomic mass is 36.0. The van der Waals surface area contributed by atoms with Gasteiger partial charge in [0.05, 0.1) is 19.8 Å². The van der Waals surface area contributed by atoms with Crippen LogP contribution in [-0.4, -0.2) is 89.0 Å². The molecule has 0 atom stereocenters. The minimum atomic E-state index is -2.72. The molecule has 2 aliphatic rings.